The zero-order valence-electron chi connectivity index (χ0n) is 9.79. The fraction of sp³-hybridized carbons (Fsp3) is 0.400. The maximum atomic E-state index is 9.33. The van der Waals surface area contributed by atoms with Crippen LogP contribution in [0.5, 0.6) is 0 Å². The van der Waals surface area contributed by atoms with Crippen LogP contribution in [0.1, 0.15) is 12.5 Å². The maximum absolute atomic E-state index is 9.33. The van der Waals surface area contributed by atoms with Crippen LogP contribution < -0.4 is 5.48 Å². The van der Waals surface area contributed by atoms with Gasteiger partial charge in [-0.15, -0.1) is 0 Å². The lowest BCUT2D eigenvalue weighted by Gasteiger charge is -2.02. The predicted molar refractivity (Wildman–Crippen MR) is 63.5 cm³/mol. The SMILES string of the molecule is CCONCc1ccccc1.COS(=O)(=O)O. The van der Waals surface area contributed by atoms with E-state index in [1.807, 2.05) is 25.1 Å². The van der Waals surface area contributed by atoms with Gasteiger partial charge in [0, 0.05) is 6.54 Å². The van der Waals surface area contributed by atoms with Crippen molar-refractivity contribution in [1.29, 1.82) is 0 Å². The van der Waals surface area contributed by atoms with Crippen LogP contribution in [0, 0.1) is 0 Å². The van der Waals surface area contributed by atoms with Crippen LogP contribution in [0.15, 0.2) is 30.3 Å². The van der Waals surface area contributed by atoms with Gasteiger partial charge in [-0.05, 0) is 12.5 Å². The van der Waals surface area contributed by atoms with Gasteiger partial charge in [-0.25, -0.2) is 0 Å². The van der Waals surface area contributed by atoms with Gasteiger partial charge < -0.3 is 4.84 Å². The molecule has 0 heterocycles. The molecule has 98 valence electrons. The average molecular weight is 263 g/mol. The second kappa shape index (κ2) is 9.08. The Balaban J connectivity index is 0.000000366. The first kappa shape index (κ1) is 16.0. The van der Waals surface area contributed by atoms with Crippen molar-refractivity contribution >= 4 is 10.4 Å². The third kappa shape index (κ3) is 11.3. The normalized spacial score (nSPS) is 10.5. The lowest BCUT2D eigenvalue weighted by molar-refractivity contribution is 0.0463. The summed E-state index contributed by atoms with van der Waals surface area (Å²) in [4.78, 5) is 4.99. The fourth-order valence-electron chi connectivity index (χ4n) is 0.832. The van der Waals surface area contributed by atoms with E-state index < -0.39 is 10.4 Å². The lowest BCUT2D eigenvalue weighted by atomic mass is 10.2. The molecule has 0 bridgehead atoms. The Morgan fingerprint density at radius 2 is 1.82 bits per heavy atom. The van der Waals surface area contributed by atoms with Crippen LogP contribution in [0.25, 0.3) is 0 Å². The molecule has 0 aliphatic carbocycles. The molecule has 0 unspecified atom stereocenters. The first-order chi connectivity index (χ1) is 7.99. The summed E-state index contributed by atoms with van der Waals surface area (Å²) in [6.45, 7) is 3.43. The monoisotopic (exact) mass is 263 g/mol. The number of benzene rings is 1. The summed E-state index contributed by atoms with van der Waals surface area (Å²) in [6.07, 6.45) is 0. The Kier molecular flexibility index (Phi) is 8.55. The molecule has 6 nitrogen and oxygen atoms in total. The average Bonchev–Trinajstić information content (AvgIpc) is 2.31. The van der Waals surface area contributed by atoms with E-state index in [0.29, 0.717) is 6.61 Å². The predicted octanol–water partition coefficient (Wildman–Crippen LogP) is 1.16. The zero-order valence-corrected chi connectivity index (χ0v) is 10.6. The summed E-state index contributed by atoms with van der Waals surface area (Å²) in [5.41, 5.74) is 4.09. The Morgan fingerprint density at radius 3 is 2.24 bits per heavy atom. The molecule has 0 saturated heterocycles. The zero-order chi connectivity index (χ0) is 13.1. The Hall–Kier alpha value is -0.990. The molecule has 1 rings (SSSR count). The molecule has 0 spiro atoms. The summed E-state index contributed by atoms with van der Waals surface area (Å²) in [7, 11) is -3.29. The first-order valence-electron chi connectivity index (χ1n) is 4.91. The van der Waals surface area contributed by atoms with Crippen LogP contribution in [0.4, 0.5) is 0 Å². The van der Waals surface area contributed by atoms with E-state index in [9.17, 15) is 8.42 Å². The van der Waals surface area contributed by atoms with Gasteiger partial charge >= 0.3 is 10.4 Å². The van der Waals surface area contributed by atoms with Crippen LogP contribution >= 0.6 is 0 Å². The van der Waals surface area contributed by atoms with Gasteiger partial charge in [0.05, 0.1) is 13.7 Å². The van der Waals surface area contributed by atoms with Gasteiger partial charge in [0.25, 0.3) is 0 Å². The van der Waals surface area contributed by atoms with Crippen LogP contribution in [-0.2, 0) is 26.0 Å². The van der Waals surface area contributed by atoms with E-state index in [0.717, 1.165) is 13.7 Å². The molecule has 0 saturated carbocycles. The first-order valence-corrected chi connectivity index (χ1v) is 6.27. The number of nitrogens with one attached hydrogen (secondary N) is 1. The lowest BCUT2D eigenvalue weighted by Crippen LogP contribution is -2.13. The van der Waals surface area contributed by atoms with E-state index >= 15 is 0 Å². The van der Waals surface area contributed by atoms with E-state index in [1.54, 1.807) is 0 Å². The highest BCUT2D eigenvalue weighted by atomic mass is 32.3. The third-order valence-electron chi connectivity index (χ3n) is 1.58. The van der Waals surface area contributed by atoms with Crippen molar-refractivity contribution in [3.05, 3.63) is 35.9 Å². The highest BCUT2D eigenvalue weighted by molar-refractivity contribution is 7.80. The highest BCUT2D eigenvalue weighted by Crippen LogP contribution is 1.96. The number of rotatable bonds is 5. The topological polar surface area (TPSA) is 84.9 Å². The van der Waals surface area contributed by atoms with Gasteiger partial charge in [0.15, 0.2) is 0 Å². The van der Waals surface area contributed by atoms with Gasteiger partial charge in [-0.2, -0.15) is 13.9 Å². The molecule has 2 N–H and O–H groups in total. The number of hydrogen-bond acceptors (Lipinski definition) is 5. The van der Waals surface area contributed by atoms with E-state index in [2.05, 4.69) is 21.8 Å². The van der Waals surface area contributed by atoms with E-state index in [1.165, 1.54) is 5.56 Å². The van der Waals surface area contributed by atoms with Crippen molar-refractivity contribution in [2.24, 2.45) is 0 Å². The Morgan fingerprint density at radius 1 is 1.29 bits per heavy atom. The minimum absolute atomic E-state index is 0.701. The van der Waals surface area contributed by atoms with Crippen LogP contribution in [0.3, 0.4) is 0 Å². The van der Waals surface area contributed by atoms with E-state index in [4.69, 9.17) is 9.39 Å². The molecule has 0 radical (unpaired) electrons. The van der Waals surface area contributed by atoms with Crippen molar-refractivity contribution in [1.82, 2.24) is 5.48 Å². The second-order valence-electron chi connectivity index (χ2n) is 2.83. The minimum atomic E-state index is -4.16. The molecule has 0 fully saturated rings. The summed E-state index contributed by atoms with van der Waals surface area (Å²) < 4.78 is 29.7. The summed E-state index contributed by atoms with van der Waals surface area (Å²) in [6, 6.07) is 10.2. The molecule has 0 amide bonds. The molecular weight excluding hydrogens is 246 g/mol. The molecule has 17 heavy (non-hydrogen) atoms. The second-order valence-corrected chi connectivity index (χ2v) is 4.02. The molecule has 1 aromatic rings. The van der Waals surface area contributed by atoms with Gasteiger partial charge in [-0.1, -0.05) is 30.3 Å². The number of hydroxylamine groups is 1. The van der Waals surface area contributed by atoms with Crippen LogP contribution in [0.2, 0.25) is 0 Å². The Bertz CT molecular complexity index is 379. The summed E-state index contributed by atoms with van der Waals surface area (Å²) >= 11 is 0. The molecule has 7 heteroatoms. The largest absolute Gasteiger partial charge is 0.397 e. The van der Waals surface area contributed by atoms with Crippen LogP contribution in [-0.4, -0.2) is 26.7 Å². The smallest absolute Gasteiger partial charge is 0.302 e. The Labute approximate surface area is 101 Å². The van der Waals surface area contributed by atoms with Crippen molar-refractivity contribution < 1.29 is 22.0 Å². The molecule has 0 aliphatic heterocycles. The maximum Gasteiger partial charge on any atom is 0.397 e. The standard InChI is InChI=1S/C9H13NO.CH4O4S/c1-2-11-10-8-9-6-4-3-5-7-9;1-5-6(2,3)4/h3-7,10H,2,8H2,1H3;1H3,(H,2,3,4). The molecule has 0 aliphatic rings. The molecular formula is C10H17NO5S. The third-order valence-corrected chi connectivity index (χ3v) is 2.00. The van der Waals surface area contributed by atoms with E-state index in [-0.39, 0.29) is 0 Å². The van der Waals surface area contributed by atoms with Crippen molar-refractivity contribution in [2.45, 2.75) is 13.5 Å². The minimum Gasteiger partial charge on any atom is -0.302 e. The molecule has 0 atom stereocenters. The molecule has 0 aromatic heterocycles. The quantitative estimate of drug-likeness (QED) is 0.471. The van der Waals surface area contributed by atoms with Gasteiger partial charge in [0.1, 0.15) is 0 Å². The summed E-state index contributed by atoms with van der Waals surface area (Å²) in [5, 5.41) is 0. The van der Waals surface area contributed by atoms with Crippen molar-refractivity contribution in [3.8, 4) is 0 Å². The fourth-order valence-corrected chi connectivity index (χ4v) is 0.832. The van der Waals surface area contributed by atoms with Crippen molar-refractivity contribution in [3.63, 3.8) is 0 Å². The van der Waals surface area contributed by atoms with Crippen molar-refractivity contribution in [2.75, 3.05) is 13.7 Å². The number of hydrogen-bond donors (Lipinski definition) is 2. The summed E-state index contributed by atoms with van der Waals surface area (Å²) in [5.74, 6) is 0. The van der Waals surface area contributed by atoms with Gasteiger partial charge in [0.2, 0.25) is 0 Å². The highest BCUT2D eigenvalue weighted by Gasteiger charge is 1.94. The molecule has 1 aromatic carbocycles. The van der Waals surface area contributed by atoms with Gasteiger partial charge in [-0.3, -0.25) is 8.74 Å².